The van der Waals surface area contributed by atoms with Crippen molar-refractivity contribution in [3.05, 3.63) is 101 Å². The van der Waals surface area contributed by atoms with Crippen LogP contribution in [0.1, 0.15) is 74.8 Å². The van der Waals surface area contributed by atoms with E-state index in [0.717, 1.165) is 16.8 Å². The van der Waals surface area contributed by atoms with Gasteiger partial charge in [0.2, 0.25) is 5.91 Å². The summed E-state index contributed by atoms with van der Waals surface area (Å²) in [6.45, 7) is 10.6. The van der Waals surface area contributed by atoms with Crippen molar-refractivity contribution < 1.29 is 4.79 Å². The van der Waals surface area contributed by atoms with Gasteiger partial charge in [-0.1, -0.05) is 107 Å². The Labute approximate surface area is 186 Å². The number of carbonyl (C=O) groups is 1. The smallest absolute Gasteiger partial charge is 0.241 e. The van der Waals surface area contributed by atoms with E-state index in [1.165, 1.54) is 11.1 Å². The number of rotatable bonds is 8. The van der Waals surface area contributed by atoms with Gasteiger partial charge >= 0.3 is 0 Å². The van der Waals surface area contributed by atoms with Crippen LogP contribution in [0.5, 0.6) is 0 Å². The van der Waals surface area contributed by atoms with E-state index < -0.39 is 0 Å². The lowest BCUT2D eigenvalue weighted by atomic mass is 9.92. The van der Waals surface area contributed by atoms with E-state index in [-0.39, 0.29) is 18.0 Å². The van der Waals surface area contributed by atoms with Crippen molar-refractivity contribution in [1.29, 1.82) is 0 Å². The SMILES string of the molecule is CC(NC(c1ccccc1)c1ccccc1)C(=O)Nc1c(C(C)C)cccc1C(C)C. The molecule has 0 aliphatic rings. The lowest BCUT2D eigenvalue weighted by Crippen LogP contribution is -2.41. The second-order valence-electron chi connectivity index (χ2n) is 8.75. The topological polar surface area (TPSA) is 41.1 Å². The molecule has 3 aromatic rings. The van der Waals surface area contributed by atoms with Crippen LogP contribution in [0, 0.1) is 0 Å². The largest absolute Gasteiger partial charge is 0.324 e. The van der Waals surface area contributed by atoms with Gasteiger partial charge in [0.05, 0.1) is 12.1 Å². The quantitative estimate of drug-likeness (QED) is 0.434. The second kappa shape index (κ2) is 10.4. The van der Waals surface area contributed by atoms with Crippen LogP contribution < -0.4 is 10.6 Å². The third-order valence-corrected chi connectivity index (χ3v) is 5.70. The molecule has 0 aliphatic heterocycles. The van der Waals surface area contributed by atoms with Crippen molar-refractivity contribution in [1.82, 2.24) is 5.32 Å². The van der Waals surface area contributed by atoms with Gasteiger partial charge in [-0.2, -0.15) is 0 Å². The number of benzene rings is 3. The minimum atomic E-state index is -0.370. The predicted octanol–water partition coefficient (Wildman–Crippen LogP) is 6.64. The van der Waals surface area contributed by atoms with Crippen LogP contribution in [0.2, 0.25) is 0 Å². The Bertz CT molecular complexity index is 915. The summed E-state index contributed by atoms with van der Waals surface area (Å²) in [5, 5.41) is 6.80. The van der Waals surface area contributed by atoms with Crippen LogP contribution in [0.4, 0.5) is 5.69 Å². The first-order valence-corrected chi connectivity index (χ1v) is 11.2. The summed E-state index contributed by atoms with van der Waals surface area (Å²) < 4.78 is 0. The number of amides is 1. The maximum atomic E-state index is 13.3. The van der Waals surface area contributed by atoms with Crippen LogP contribution in [0.15, 0.2) is 78.9 Å². The summed E-state index contributed by atoms with van der Waals surface area (Å²) in [5.41, 5.74) is 5.59. The minimum absolute atomic E-state index is 0.0214. The van der Waals surface area contributed by atoms with Gasteiger partial charge in [0.15, 0.2) is 0 Å². The summed E-state index contributed by atoms with van der Waals surface area (Å²) in [6, 6.07) is 26.4. The summed E-state index contributed by atoms with van der Waals surface area (Å²) in [6.07, 6.45) is 0. The van der Waals surface area contributed by atoms with Crippen molar-refractivity contribution in [2.45, 2.75) is 58.5 Å². The molecule has 162 valence electrons. The molecule has 1 unspecified atom stereocenters. The van der Waals surface area contributed by atoms with Crippen molar-refractivity contribution in [3.63, 3.8) is 0 Å². The van der Waals surface area contributed by atoms with Gasteiger partial charge in [-0.05, 0) is 41.0 Å². The minimum Gasteiger partial charge on any atom is -0.324 e. The van der Waals surface area contributed by atoms with Crippen LogP contribution in [0.3, 0.4) is 0 Å². The summed E-state index contributed by atoms with van der Waals surface area (Å²) in [4.78, 5) is 13.3. The number of anilines is 1. The molecule has 0 aliphatic carbocycles. The Morgan fingerprint density at radius 3 is 1.52 bits per heavy atom. The summed E-state index contributed by atoms with van der Waals surface area (Å²) >= 11 is 0. The van der Waals surface area contributed by atoms with Crippen LogP contribution in [0.25, 0.3) is 0 Å². The van der Waals surface area contributed by atoms with Crippen molar-refractivity contribution >= 4 is 11.6 Å². The highest BCUT2D eigenvalue weighted by Gasteiger charge is 2.23. The molecule has 3 heteroatoms. The maximum absolute atomic E-state index is 13.3. The average molecular weight is 415 g/mol. The fraction of sp³-hybridized carbons (Fsp3) is 0.321. The van der Waals surface area contributed by atoms with E-state index in [1.54, 1.807) is 0 Å². The molecular formula is C28H34N2O. The number of para-hydroxylation sites is 1. The van der Waals surface area contributed by atoms with Crippen molar-refractivity contribution in [2.24, 2.45) is 0 Å². The molecule has 3 aromatic carbocycles. The first kappa shape index (κ1) is 22.8. The molecule has 1 amide bonds. The molecule has 31 heavy (non-hydrogen) atoms. The molecule has 0 saturated heterocycles. The van der Waals surface area contributed by atoms with Gasteiger partial charge in [-0.25, -0.2) is 0 Å². The monoisotopic (exact) mass is 414 g/mol. The Morgan fingerprint density at radius 2 is 1.10 bits per heavy atom. The fourth-order valence-electron chi connectivity index (χ4n) is 3.93. The van der Waals surface area contributed by atoms with Gasteiger partial charge in [-0.3, -0.25) is 10.1 Å². The highest BCUT2D eigenvalue weighted by Crippen LogP contribution is 2.32. The number of hydrogen-bond donors (Lipinski definition) is 2. The highest BCUT2D eigenvalue weighted by molar-refractivity contribution is 5.96. The van der Waals surface area contributed by atoms with Gasteiger partial charge in [0, 0.05) is 5.69 Å². The maximum Gasteiger partial charge on any atom is 0.241 e. The number of carbonyl (C=O) groups excluding carboxylic acids is 1. The van der Waals surface area contributed by atoms with E-state index in [9.17, 15) is 4.79 Å². The predicted molar refractivity (Wildman–Crippen MR) is 131 cm³/mol. The van der Waals surface area contributed by atoms with Gasteiger partial charge in [0.25, 0.3) is 0 Å². The zero-order valence-corrected chi connectivity index (χ0v) is 19.2. The van der Waals surface area contributed by atoms with E-state index in [2.05, 4.69) is 80.8 Å². The second-order valence-corrected chi connectivity index (χ2v) is 8.75. The average Bonchev–Trinajstić information content (AvgIpc) is 2.78. The molecule has 0 radical (unpaired) electrons. The lowest BCUT2D eigenvalue weighted by Gasteiger charge is -2.26. The van der Waals surface area contributed by atoms with Crippen LogP contribution in [-0.4, -0.2) is 11.9 Å². The lowest BCUT2D eigenvalue weighted by molar-refractivity contribution is -0.117. The van der Waals surface area contributed by atoms with E-state index in [1.807, 2.05) is 43.3 Å². The molecule has 3 rings (SSSR count). The molecule has 2 N–H and O–H groups in total. The standard InChI is InChI=1S/C28H34N2O/c1-19(2)24-17-12-18-25(20(3)4)27(24)30-28(31)21(5)29-26(22-13-8-6-9-14-22)23-15-10-7-11-16-23/h6-21,26,29H,1-5H3,(H,30,31). The highest BCUT2D eigenvalue weighted by atomic mass is 16.2. The molecule has 3 nitrogen and oxygen atoms in total. The Kier molecular flexibility index (Phi) is 7.64. The molecule has 0 heterocycles. The van der Waals surface area contributed by atoms with Crippen LogP contribution >= 0.6 is 0 Å². The Balaban J connectivity index is 1.86. The molecule has 0 bridgehead atoms. The van der Waals surface area contributed by atoms with E-state index >= 15 is 0 Å². The zero-order chi connectivity index (χ0) is 22.4. The van der Waals surface area contributed by atoms with Crippen LogP contribution in [-0.2, 0) is 4.79 Å². The Hall–Kier alpha value is -2.91. The van der Waals surface area contributed by atoms with Gasteiger partial charge in [-0.15, -0.1) is 0 Å². The summed E-state index contributed by atoms with van der Waals surface area (Å²) in [5.74, 6) is 0.643. The molecule has 0 saturated carbocycles. The van der Waals surface area contributed by atoms with Crippen molar-refractivity contribution in [2.75, 3.05) is 5.32 Å². The molecule has 0 spiro atoms. The first-order chi connectivity index (χ1) is 14.9. The van der Waals surface area contributed by atoms with Gasteiger partial charge in [0.1, 0.15) is 0 Å². The van der Waals surface area contributed by atoms with E-state index in [4.69, 9.17) is 0 Å². The van der Waals surface area contributed by atoms with Gasteiger partial charge < -0.3 is 5.32 Å². The molecule has 0 aromatic heterocycles. The third-order valence-electron chi connectivity index (χ3n) is 5.70. The number of hydrogen-bond acceptors (Lipinski definition) is 2. The molecular weight excluding hydrogens is 380 g/mol. The third kappa shape index (κ3) is 5.62. The fourth-order valence-corrected chi connectivity index (χ4v) is 3.93. The van der Waals surface area contributed by atoms with E-state index in [0.29, 0.717) is 11.8 Å². The van der Waals surface area contributed by atoms with Crippen molar-refractivity contribution in [3.8, 4) is 0 Å². The summed E-state index contributed by atoms with van der Waals surface area (Å²) in [7, 11) is 0. The number of nitrogens with one attached hydrogen (secondary N) is 2. The Morgan fingerprint density at radius 1 is 0.645 bits per heavy atom. The molecule has 0 fully saturated rings. The normalized spacial score (nSPS) is 12.4. The zero-order valence-electron chi connectivity index (χ0n) is 19.2. The molecule has 1 atom stereocenters. The first-order valence-electron chi connectivity index (χ1n) is 11.2.